The fraction of sp³-hybridized carbons (Fsp3) is 0.348. The highest BCUT2D eigenvalue weighted by atomic mass is 16.5. The fourth-order valence-corrected chi connectivity index (χ4v) is 4.13. The number of aromatic nitrogens is 3. The van der Waals surface area contributed by atoms with E-state index >= 15 is 0 Å². The molecule has 1 aliphatic rings. The zero-order valence-electron chi connectivity index (χ0n) is 16.8. The smallest absolute Gasteiger partial charge is 0.340 e. The van der Waals surface area contributed by atoms with Crippen molar-refractivity contribution < 1.29 is 4.74 Å². The predicted octanol–water partition coefficient (Wildman–Crippen LogP) is 2.72. The van der Waals surface area contributed by atoms with E-state index in [0.29, 0.717) is 31.1 Å². The number of nitrogens with one attached hydrogen (secondary N) is 2. The second kappa shape index (κ2) is 9.08. The van der Waals surface area contributed by atoms with Crippen molar-refractivity contribution in [2.45, 2.75) is 31.4 Å². The van der Waals surface area contributed by atoms with Crippen molar-refractivity contribution in [2.75, 3.05) is 19.7 Å². The maximum absolute atomic E-state index is 11.3. The molecule has 2 N–H and O–H groups in total. The molecule has 2 heterocycles. The summed E-state index contributed by atoms with van der Waals surface area (Å²) in [5.41, 5.74) is 2.64. The molecule has 4 rings (SSSR count). The van der Waals surface area contributed by atoms with Gasteiger partial charge in [0.25, 0.3) is 0 Å². The standard InChI is InChI=1S/C23H25N5O2/c24-14-18-5-4-6-19(13-18)16-30-17-23(20-7-2-1-3-8-20)9-11-28(12-10-23)15-21-25-22(29)27-26-21/h1-8,13H,9-12,15-17H2,(H2,25,26,27,29). The highest BCUT2D eigenvalue weighted by molar-refractivity contribution is 5.32. The van der Waals surface area contributed by atoms with Gasteiger partial charge in [0.15, 0.2) is 0 Å². The van der Waals surface area contributed by atoms with E-state index in [-0.39, 0.29) is 11.1 Å². The Morgan fingerprint density at radius 1 is 1.13 bits per heavy atom. The number of ether oxygens (including phenoxy) is 1. The lowest BCUT2D eigenvalue weighted by Gasteiger charge is -2.42. The summed E-state index contributed by atoms with van der Waals surface area (Å²) in [5.74, 6) is 0.667. The van der Waals surface area contributed by atoms with Gasteiger partial charge in [0.1, 0.15) is 5.82 Å². The van der Waals surface area contributed by atoms with Crippen LogP contribution >= 0.6 is 0 Å². The van der Waals surface area contributed by atoms with Crippen LogP contribution in [-0.4, -0.2) is 39.8 Å². The summed E-state index contributed by atoms with van der Waals surface area (Å²) in [7, 11) is 0. The lowest BCUT2D eigenvalue weighted by molar-refractivity contribution is 0.0341. The van der Waals surface area contributed by atoms with Crippen LogP contribution in [0.2, 0.25) is 0 Å². The highest BCUT2D eigenvalue weighted by Gasteiger charge is 2.36. The van der Waals surface area contributed by atoms with Gasteiger partial charge in [0, 0.05) is 5.41 Å². The van der Waals surface area contributed by atoms with Crippen molar-refractivity contribution in [1.29, 1.82) is 5.26 Å². The number of aromatic amines is 2. The number of hydrogen-bond donors (Lipinski definition) is 2. The number of hydrogen-bond acceptors (Lipinski definition) is 5. The van der Waals surface area contributed by atoms with Gasteiger partial charge in [-0.25, -0.2) is 9.89 Å². The second-order valence-electron chi connectivity index (χ2n) is 7.85. The third-order valence-corrected chi connectivity index (χ3v) is 5.83. The van der Waals surface area contributed by atoms with Gasteiger partial charge in [-0.15, -0.1) is 0 Å². The lowest BCUT2D eigenvalue weighted by Crippen LogP contribution is -2.45. The van der Waals surface area contributed by atoms with Crippen molar-refractivity contribution in [2.24, 2.45) is 0 Å². The van der Waals surface area contributed by atoms with Crippen LogP contribution in [0.4, 0.5) is 0 Å². The molecule has 2 aromatic carbocycles. The van der Waals surface area contributed by atoms with E-state index in [0.717, 1.165) is 31.5 Å². The summed E-state index contributed by atoms with van der Waals surface area (Å²) >= 11 is 0. The summed E-state index contributed by atoms with van der Waals surface area (Å²) < 4.78 is 6.18. The second-order valence-corrected chi connectivity index (χ2v) is 7.85. The summed E-state index contributed by atoms with van der Waals surface area (Å²) in [6.07, 6.45) is 1.92. The van der Waals surface area contributed by atoms with E-state index in [1.165, 1.54) is 5.56 Å². The van der Waals surface area contributed by atoms with Gasteiger partial charge >= 0.3 is 5.69 Å². The maximum Gasteiger partial charge on any atom is 0.340 e. The molecule has 1 saturated heterocycles. The average molecular weight is 403 g/mol. The molecule has 30 heavy (non-hydrogen) atoms. The Morgan fingerprint density at radius 2 is 1.93 bits per heavy atom. The molecule has 0 spiro atoms. The average Bonchev–Trinajstić information content (AvgIpc) is 3.20. The van der Waals surface area contributed by atoms with E-state index < -0.39 is 0 Å². The Kier molecular flexibility index (Phi) is 6.07. The molecule has 1 aromatic heterocycles. The quantitative estimate of drug-likeness (QED) is 0.632. The first-order valence-corrected chi connectivity index (χ1v) is 10.2. The van der Waals surface area contributed by atoms with Crippen LogP contribution in [0.25, 0.3) is 0 Å². The van der Waals surface area contributed by atoms with Crippen molar-refractivity contribution in [3.8, 4) is 6.07 Å². The van der Waals surface area contributed by atoms with E-state index in [1.54, 1.807) is 6.07 Å². The van der Waals surface area contributed by atoms with Crippen LogP contribution in [0.15, 0.2) is 59.4 Å². The topological polar surface area (TPSA) is 97.8 Å². The number of piperidine rings is 1. The molecule has 154 valence electrons. The van der Waals surface area contributed by atoms with Gasteiger partial charge in [0.2, 0.25) is 0 Å². The normalized spacial score (nSPS) is 16.2. The van der Waals surface area contributed by atoms with Crippen LogP contribution in [0.5, 0.6) is 0 Å². The molecule has 1 aliphatic heterocycles. The van der Waals surface area contributed by atoms with Gasteiger partial charge in [0.05, 0.1) is 31.4 Å². The number of nitriles is 1. The highest BCUT2D eigenvalue weighted by Crippen LogP contribution is 2.36. The first-order chi connectivity index (χ1) is 14.7. The first kappa shape index (κ1) is 20.1. The van der Waals surface area contributed by atoms with Crippen molar-refractivity contribution in [1.82, 2.24) is 20.1 Å². The third-order valence-electron chi connectivity index (χ3n) is 5.83. The van der Waals surface area contributed by atoms with Gasteiger partial charge in [-0.2, -0.15) is 10.4 Å². The molecule has 7 nitrogen and oxygen atoms in total. The zero-order valence-corrected chi connectivity index (χ0v) is 16.8. The number of nitrogens with zero attached hydrogens (tertiary/aromatic N) is 3. The van der Waals surface area contributed by atoms with Crippen LogP contribution in [-0.2, 0) is 23.3 Å². The minimum Gasteiger partial charge on any atom is -0.376 e. The molecular weight excluding hydrogens is 378 g/mol. The zero-order chi connectivity index (χ0) is 20.8. The van der Waals surface area contributed by atoms with E-state index in [4.69, 9.17) is 10.00 Å². The van der Waals surface area contributed by atoms with Crippen LogP contribution in [0.1, 0.15) is 35.4 Å². The van der Waals surface area contributed by atoms with E-state index in [9.17, 15) is 4.79 Å². The molecule has 0 atom stereocenters. The molecule has 0 aliphatic carbocycles. The predicted molar refractivity (Wildman–Crippen MR) is 113 cm³/mol. The van der Waals surface area contributed by atoms with E-state index in [2.05, 4.69) is 50.4 Å². The largest absolute Gasteiger partial charge is 0.376 e. The molecule has 0 bridgehead atoms. The Bertz CT molecular complexity index is 1060. The molecule has 1 fully saturated rings. The number of rotatable bonds is 7. The van der Waals surface area contributed by atoms with Gasteiger partial charge in [-0.3, -0.25) is 9.88 Å². The minimum absolute atomic E-state index is 0.0520. The van der Waals surface area contributed by atoms with Crippen molar-refractivity contribution in [3.05, 3.63) is 87.6 Å². The Morgan fingerprint density at radius 3 is 2.63 bits per heavy atom. The molecule has 0 radical (unpaired) electrons. The summed E-state index contributed by atoms with van der Waals surface area (Å²) in [6, 6.07) is 20.3. The Labute approximate surface area is 175 Å². The van der Waals surface area contributed by atoms with Gasteiger partial charge < -0.3 is 4.74 Å². The minimum atomic E-state index is -0.269. The fourth-order valence-electron chi connectivity index (χ4n) is 4.13. The monoisotopic (exact) mass is 403 g/mol. The number of H-pyrrole nitrogens is 2. The number of likely N-dealkylation sites (tertiary alicyclic amines) is 1. The Hall–Kier alpha value is -3.21. The SMILES string of the molecule is N#Cc1cccc(COCC2(c3ccccc3)CCN(Cc3n[nH]c(=O)[nH]3)CC2)c1. The molecule has 0 unspecified atom stereocenters. The van der Waals surface area contributed by atoms with E-state index in [1.807, 2.05) is 24.3 Å². The first-order valence-electron chi connectivity index (χ1n) is 10.2. The third kappa shape index (κ3) is 4.67. The molecule has 3 aromatic rings. The molecule has 0 amide bonds. The number of benzene rings is 2. The lowest BCUT2D eigenvalue weighted by atomic mass is 9.73. The summed E-state index contributed by atoms with van der Waals surface area (Å²) in [4.78, 5) is 16.3. The summed E-state index contributed by atoms with van der Waals surface area (Å²) in [5, 5.41) is 15.5. The van der Waals surface area contributed by atoms with Crippen LogP contribution in [0, 0.1) is 11.3 Å². The van der Waals surface area contributed by atoms with Gasteiger partial charge in [-0.05, 0) is 49.2 Å². The van der Waals surface area contributed by atoms with Crippen molar-refractivity contribution >= 4 is 0 Å². The van der Waals surface area contributed by atoms with Crippen molar-refractivity contribution in [3.63, 3.8) is 0 Å². The molecular formula is C23H25N5O2. The van der Waals surface area contributed by atoms with Crippen LogP contribution in [0.3, 0.4) is 0 Å². The molecule has 7 heteroatoms. The Balaban J connectivity index is 1.42. The summed E-state index contributed by atoms with van der Waals surface area (Å²) in [6.45, 7) is 3.54. The van der Waals surface area contributed by atoms with Gasteiger partial charge in [-0.1, -0.05) is 42.5 Å². The van der Waals surface area contributed by atoms with Crippen LogP contribution < -0.4 is 5.69 Å². The molecule has 0 saturated carbocycles. The maximum atomic E-state index is 11.3.